The molecule has 13 heavy (non-hydrogen) atoms. The monoisotopic (exact) mass is 171 g/mol. The molecule has 1 aromatic carbocycles. The second-order valence-corrected chi connectivity index (χ2v) is 3.06. The lowest BCUT2D eigenvalue weighted by Gasteiger charge is -1.92. The smallest absolute Gasteiger partial charge is 0.0924 e. The van der Waals surface area contributed by atoms with Gasteiger partial charge in [-0.05, 0) is 19.1 Å². The van der Waals surface area contributed by atoms with Crippen molar-refractivity contribution in [3.63, 3.8) is 0 Å². The van der Waals surface area contributed by atoms with Crippen molar-refractivity contribution in [1.29, 1.82) is 5.26 Å². The number of H-pyrrole nitrogens is 1. The molecule has 0 aliphatic heterocycles. The molecule has 0 saturated carbocycles. The first-order chi connectivity index (χ1) is 6.31. The number of hydrogen-bond donors (Lipinski definition) is 1. The van der Waals surface area contributed by atoms with Gasteiger partial charge in [-0.15, -0.1) is 0 Å². The Morgan fingerprint density at radius 2 is 2.38 bits per heavy atom. The van der Waals surface area contributed by atoms with Crippen LogP contribution in [0.2, 0.25) is 0 Å². The van der Waals surface area contributed by atoms with Gasteiger partial charge in [0.15, 0.2) is 0 Å². The highest BCUT2D eigenvalue weighted by Gasteiger charge is 2.03. The molecule has 0 amide bonds. The Hall–Kier alpha value is -1.82. The van der Waals surface area contributed by atoms with E-state index in [-0.39, 0.29) is 0 Å². The summed E-state index contributed by atoms with van der Waals surface area (Å²) in [6.45, 7) is 2.03. The van der Waals surface area contributed by atoms with Crippen LogP contribution in [0, 0.1) is 18.3 Å². The van der Waals surface area contributed by atoms with Crippen molar-refractivity contribution in [2.75, 3.05) is 0 Å². The van der Waals surface area contributed by atoms with Gasteiger partial charge in [0.1, 0.15) is 0 Å². The van der Waals surface area contributed by atoms with Gasteiger partial charge in [0.2, 0.25) is 0 Å². The molecule has 2 rings (SSSR count). The van der Waals surface area contributed by atoms with E-state index in [0.717, 1.165) is 16.6 Å². The zero-order valence-electron chi connectivity index (χ0n) is 7.33. The number of nitriles is 1. The Labute approximate surface area is 76.0 Å². The van der Waals surface area contributed by atoms with E-state index in [4.69, 9.17) is 5.26 Å². The van der Waals surface area contributed by atoms with Crippen molar-refractivity contribution in [3.8, 4) is 6.07 Å². The number of rotatable bonds is 1. The molecule has 0 aliphatic carbocycles. The molecule has 0 spiro atoms. The van der Waals surface area contributed by atoms with Crippen molar-refractivity contribution in [2.45, 2.75) is 13.3 Å². The maximum Gasteiger partial charge on any atom is 0.0924 e. The summed E-state index contributed by atoms with van der Waals surface area (Å²) < 4.78 is 0. The highest BCUT2D eigenvalue weighted by Crippen LogP contribution is 2.17. The highest BCUT2D eigenvalue weighted by atomic mass is 15.1. The van der Waals surface area contributed by atoms with E-state index < -0.39 is 0 Å². The van der Waals surface area contributed by atoms with E-state index in [2.05, 4.69) is 16.3 Å². The molecule has 1 aromatic heterocycles. The van der Waals surface area contributed by atoms with Crippen molar-refractivity contribution in [2.24, 2.45) is 0 Å². The van der Waals surface area contributed by atoms with E-state index in [1.54, 1.807) is 0 Å². The molecule has 3 nitrogen and oxygen atoms in total. The quantitative estimate of drug-likeness (QED) is 0.712. The lowest BCUT2D eigenvalue weighted by Crippen LogP contribution is -1.81. The predicted octanol–water partition coefficient (Wildman–Crippen LogP) is 1.94. The Balaban J connectivity index is 2.66. The number of aromatic nitrogens is 2. The lowest BCUT2D eigenvalue weighted by atomic mass is 10.1. The maximum absolute atomic E-state index is 8.57. The molecule has 0 unspecified atom stereocenters. The topological polar surface area (TPSA) is 52.5 Å². The van der Waals surface area contributed by atoms with Crippen LogP contribution in [0.3, 0.4) is 0 Å². The van der Waals surface area contributed by atoms with Crippen LogP contribution in [0.4, 0.5) is 0 Å². The summed E-state index contributed by atoms with van der Waals surface area (Å²) in [4.78, 5) is 0. The SMILES string of the molecule is Cc1ccc2n[nH]c(CC#N)c2c1. The summed E-state index contributed by atoms with van der Waals surface area (Å²) in [6.07, 6.45) is 0.389. The van der Waals surface area contributed by atoms with E-state index >= 15 is 0 Å². The van der Waals surface area contributed by atoms with E-state index in [0.29, 0.717) is 6.42 Å². The number of aryl methyl sites for hydroxylation is 1. The molecule has 2 aromatic rings. The fourth-order valence-electron chi connectivity index (χ4n) is 1.39. The number of hydrogen-bond acceptors (Lipinski definition) is 2. The first-order valence-corrected chi connectivity index (χ1v) is 4.12. The average Bonchev–Trinajstić information content (AvgIpc) is 2.49. The molecular weight excluding hydrogens is 162 g/mol. The maximum atomic E-state index is 8.57. The second-order valence-electron chi connectivity index (χ2n) is 3.06. The number of benzene rings is 1. The molecular formula is C10H9N3. The summed E-state index contributed by atoms with van der Waals surface area (Å²) in [5.41, 5.74) is 3.02. The third kappa shape index (κ3) is 1.27. The predicted molar refractivity (Wildman–Crippen MR) is 50.1 cm³/mol. The normalized spacial score (nSPS) is 10.2. The van der Waals surface area contributed by atoms with Crippen molar-refractivity contribution < 1.29 is 0 Å². The summed E-state index contributed by atoms with van der Waals surface area (Å²) in [6, 6.07) is 8.13. The third-order valence-corrected chi connectivity index (χ3v) is 2.04. The van der Waals surface area contributed by atoms with Gasteiger partial charge in [0.05, 0.1) is 23.7 Å². The largest absolute Gasteiger partial charge is 0.280 e. The Morgan fingerprint density at radius 3 is 3.15 bits per heavy atom. The first-order valence-electron chi connectivity index (χ1n) is 4.12. The van der Waals surface area contributed by atoms with Crippen LogP contribution in [0.25, 0.3) is 10.9 Å². The standard InChI is InChI=1S/C10H9N3/c1-7-2-3-9-8(6-7)10(4-5-11)13-12-9/h2-3,6H,4H2,1H3,(H,12,13). The van der Waals surface area contributed by atoms with Crippen molar-refractivity contribution >= 4 is 10.9 Å². The minimum Gasteiger partial charge on any atom is -0.280 e. The molecule has 0 saturated heterocycles. The van der Waals surface area contributed by atoms with Gasteiger partial charge in [-0.2, -0.15) is 10.4 Å². The second kappa shape index (κ2) is 2.91. The summed E-state index contributed by atoms with van der Waals surface area (Å²) in [5.74, 6) is 0. The van der Waals surface area contributed by atoms with Crippen LogP contribution < -0.4 is 0 Å². The van der Waals surface area contributed by atoms with Gasteiger partial charge in [-0.25, -0.2) is 0 Å². The molecule has 64 valence electrons. The van der Waals surface area contributed by atoms with Gasteiger partial charge >= 0.3 is 0 Å². The third-order valence-electron chi connectivity index (χ3n) is 2.04. The molecule has 3 heteroatoms. The van der Waals surface area contributed by atoms with Crippen molar-refractivity contribution in [3.05, 3.63) is 29.5 Å². The van der Waals surface area contributed by atoms with Gasteiger partial charge in [-0.3, -0.25) is 5.10 Å². The average molecular weight is 171 g/mol. The van der Waals surface area contributed by atoms with Gasteiger partial charge in [0.25, 0.3) is 0 Å². The van der Waals surface area contributed by atoms with Crippen LogP contribution in [-0.4, -0.2) is 10.2 Å². The molecule has 0 aliphatic rings. The van der Waals surface area contributed by atoms with E-state index in [1.165, 1.54) is 5.56 Å². The fraction of sp³-hybridized carbons (Fsp3) is 0.200. The number of nitrogens with zero attached hydrogens (tertiary/aromatic N) is 2. The number of fused-ring (bicyclic) bond motifs is 1. The van der Waals surface area contributed by atoms with Gasteiger partial charge in [-0.1, -0.05) is 11.6 Å². The minimum absolute atomic E-state index is 0.389. The molecule has 0 atom stereocenters. The molecule has 0 fully saturated rings. The van der Waals surface area contributed by atoms with Crippen LogP contribution in [0.15, 0.2) is 18.2 Å². The molecule has 1 N–H and O–H groups in total. The minimum atomic E-state index is 0.389. The fourth-order valence-corrected chi connectivity index (χ4v) is 1.39. The zero-order chi connectivity index (χ0) is 9.26. The number of aromatic amines is 1. The highest BCUT2D eigenvalue weighted by molar-refractivity contribution is 5.82. The zero-order valence-corrected chi connectivity index (χ0v) is 7.33. The van der Waals surface area contributed by atoms with Crippen LogP contribution in [0.5, 0.6) is 0 Å². The van der Waals surface area contributed by atoms with Crippen LogP contribution in [-0.2, 0) is 6.42 Å². The first kappa shape index (κ1) is 7.81. The van der Waals surface area contributed by atoms with Gasteiger partial charge in [0, 0.05) is 5.39 Å². The summed E-state index contributed by atoms with van der Waals surface area (Å²) in [5, 5.41) is 16.6. The van der Waals surface area contributed by atoms with Gasteiger partial charge < -0.3 is 0 Å². The van der Waals surface area contributed by atoms with E-state index in [1.807, 2.05) is 25.1 Å². The van der Waals surface area contributed by atoms with E-state index in [9.17, 15) is 0 Å². The van der Waals surface area contributed by atoms with Crippen molar-refractivity contribution in [1.82, 2.24) is 10.2 Å². The Kier molecular flexibility index (Phi) is 1.75. The Morgan fingerprint density at radius 1 is 1.54 bits per heavy atom. The Bertz CT molecular complexity index is 476. The van der Waals surface area contributed by atoms with Crippen LogP contribution in [0.1, 0.15) is 11.3 Å². The summed E-state index contributed by atoms with van der Waals surface area (Å²) in [7, 11) is 0. The lowest BCUT2D eigenvalue weighted by molar-refractivity contribution is 1.03. The molecule has 0 radical (unpaired) electrons. The summed E-state index contributed by atoms with van der Waals surface area (Å²) >= 11 is 0. The molecule has 0 bridgehead atoms. The van der Waals surface area contributed by atoms with Crippen LogP contribution >= 0.6 is 0 Å². The number of nitrogens with one attached hydrogen (secondary N) is 1. The molecule has 1 heterocycles.